The van der Waals surface area contributed by atoms with Gasteiger partial charge in [-0.2, -0.15) is 0 Å². The minimum Gasteiger partial charge on any atom is -0.294 e. The number of ketones is 2. The Labute approximate surface area is 132 Å². The molecule has 1 unspecified atom stereocenters. The number of benzene rings is 2. The minimum absolute atomic E-state index is 0.242. The van der Waals surface area contributed by atoms with E-state index in [1.807, 2.05) is 48.5 Å². The second kappa shape index (κ2) is 5.94. The molecule has 1 atom stereocenters. The molecule has 106 valence electrons. The highest BCUT2D eigenvalue weighted by atomic mass is 79.9. The molecule has 0 N–H and O–H groups in total. The maximum Gasteiger partial charge on any atom is 0.164 e. The molecule has 0 heterocycles. The summed E-state index contributed by atoms with van der Waals surface area (Å²) in [5.74, 6) is 0.554. The van der Waals surface area contributed by atoms with E-state index in [4.69, 9.17) is 0 Å². The molecule has 2 aromatic rings. The third-order valence-corrected chi connectivity index (χ3v) is 4.72. The summed E-state index contributed by atoms with van der Waals surface area (Å²) in [6, 6.07) is 15.6. The molecule has 0 spiro atoms. The standard InChI is InChI=1S/C9H7BrO.C9H8O/c10-8-5-9(11)7-4-2-1-3-6(7)8;10-9-6-5-7-3-1-2-4-8(7)9/h1-4,8H,5H2;1-4H,5-6H2. The molecule has 2 aromatic carbocycles. The van der Waals surface area contributed by atoms with Crippen molar-refractivity contribution in [2.45, 2.75) is 24.1 Å². The summed E-state index contributed by atoms with van der Waals surface area (Å²) in [5.41, 5.74) is 4.17. The van der Waals surface area contributed by atoms with E-state index in [0.29, 0.717) is 18.6 Å². The second-order valence-electron chi connectivity index (χ2n) is 5.26. The van der Waals surface area contributed by atoms with Crippen LogP contribution in [0.3, 0.4) is 0 Å². The molecule has 21 heavy (non-hydrogen) atoms. The molecule has 0 radical (unpaired) electrons. The van der Waals surface area contributed by atoms with Crippen molar-refractivity contribution in [2.24, 2.45) is 0 Å². The van der Waals surface area contributed by atoms with Gasteiger partial charge in [-0.15, -0.1) is 0 Å². The molecule has 2 aliphatic rings. The van der Waals surface area contributed by atoms with Gasteiger partial charge in [-0.3, -0.25) is 9.59 Å². The van der Waals surface area contributed by atoms with Gasteiger partial charge in [0.15, 0.2) is 11.6 Å². The maximum absolute atomic E-state index is 11.2. The van der Waals surface area contributed by atoms with Crippen molar-refractivity contribution >= 4 is 27.5 Å². The van der Waals surface area contributed by atoms with Crippen LogP contribution in [0.1, 0.15) is 49.5 Å². The largest absolute Gasteiger partial charge is 0.294 e. The van der Waals surface area contributed by atoms with Gasteiger partial charge in [-0.1, -0.05) is 64.5 Å². The minimum atomic E-state index is 0.242. The molecule has 2 aliphatic carbocycles. The highest BCUT2D eigenvalue weighted by molar-refractivity contribution is 9.09. The van der Waals surface area contributed by atoms with Crippen LogP contribution in [-0.4, -0.2) is 11.6 Å². The number of rotatable bonds is 0. The third kappa shape index (κ3) is 2.84. The summed E-state index contributed by atoms with van der Waals surface area (Å²) in [6.07, 6.45) is 2.26. The Morgan fingerprint density at radius 3 is 2.19 bits per heavy atom. The van der Waals surface area contributed by atoms with Crippen LogP contribution in [0.15, 0.2) is 48.5 Å². The average Bonchev–Trinajstić information content (AvgIpc) is 3.02. The third-order valence-electron chi connectivity index (χ3n) is 3.90. The summed E-state index contributed by atoms with van der Waals surface area (Å²) in [5, 5.41) is 0. The average molecular weight is 343 g/mol. The fraction of sp³-hybridized carbons (Fsp3) is 0.222. The molecule has 0 amide bonds. The second-order valence-corrected chi connectivity index (χ2v) is 6.37. The topological polar surface area (TPSA) is 34.1 Å². The first-order valence-corrected chi connectivity index (χ1v) is 7.95. The van der Waals surface area contributed by atoms with Crippen LogP contribution in [0.25, 0.3) is 0 Å². The number of hydrogen-bond acceptors (Lipinski definition) is 2. The van der Waals surface area contributed by atoms with Crippen molar-refractivity contribution in [2.75, 3.05) is 0 Å². The fourth-order valence-corrected chi connectivity index (χ4v) is 3.49. The molecule has 0 aliphatic heterocycles. The lowest BCUT2D eigenvalue weighted by molar-refractivity contribution is 0.0986. The van der Waals surface area contributed by atoms with Crippen molar-refractivity contribution < 1.29 is 9.59 Å². The van der Waals surface area contributed by atoms with Crippen molar-refractivity contribution in [1.82, 2.24) is 0 Å². The van der Waals surface area contributed by atoms with E-state index in [9.17, 15) is 9.59 Å². The number of alkyl halides is 1. The van der Waals surface area contributed by atoms with Gasteiger partial charge in [0.25, 0.3) is 0 Å². The van der Waals surface area contributed by atoms with E-state index >= 15 is 0 Å². The summed E-state index contributed by atoms with van der Waals surface area (Å²) in [6.45, 7) is 0. The molecular weight excluding hydrogens is 328 g/mol. The van der Waals surface area contributed by atoms with Crippen LogP contribution >= 0.6 is 15.9 Å². The molecule has 4 rings (SSSR count). The maximum atomic E-state index is 11.2. The zero-order valence-corrected chi connectivity index (χ0v) is 13.1. The van der Waals surface area contributed by atoms with Crippen LogP contribution in [0.4, 0.5) is 0 Å². The highest BCUT2D eigenvalue weighted by Crippen LogP contribution is 2.36. The van der Waals surface area contributed by atoms with Gasteiger partial charge in [0.05, 0.1) is 0 Å². The van der Waals surface area contributed by atoms with Gasteiger partial charge in [-0.25, -0.2) is 0 Å². The zero-order valence-electron chi connectivity index (χ0n) is 11.5. The van der Waals surface area contributed by atoms with Gasteiger partial charge in [0.2, 0.25) is 0 Å². The monoisotopic (exact) mass is 342 g/mol. The number of aryl methyl sites for hydroxylation is 1. The highest BCUT2D eigenvalue weighted by Gasteiger charge is 2.26. The Hall–Kier alpha value is -1.74. The number of carbonyl (C=O) groups is 2. The predicted octanol–water partition coefficient (Wildman–Crippen LogP) is 4.52. The number of fused-ring (bicyclic) bond motifs is 2. The first-order valence-electron chi connectivity index (χ1n) is 7.04. The zero-order chi connectivity index (χ0) is 14.8. The molecule has 0 aromatic heterocycles. The fourth-order valence-electron chi connectivity index (χ4n) is 2.80. The van der Waals surface area contributed by atoms with E-state index in [0.717, 1.165) is 23.1 Å². The van der Waals surface area contributed by atoms with Crippen molar-refractivity contribution in [1.29, 1.82) is 0 Å². The van der Waals surface area contributed by atoms with Gasteiger partial charge in [0, 0.05) is 28.8 Å². The Morgan fingerprint density at radius 2 is 1.48 bits per heavy atom. The summed E-state index contributed by atoms with van der Waals surface area (Å²) in [4.78, 5) is 22.6. The van der Waals surface area contributed by atoms with Crippen molar-refractivity contribution in [3.05, 3.63) is 70.8 Å². The lowest BCUT2D eigenvalue weighted by atomic mass is 10.1. The smallest absolute Gasteiger partial charge is 0.164 e. The Kier molecular flexibility index (Phi) is 4.02. The van der Waals surface area contributed by atoms with Crippen LogP contribution in [0.2, 0.25) is 0 Å². The molecule has 0 fully saturated rings. The van der Waals surface area contributed by atoms with Crippen molar-refractivity contribution in [3.63, 3.8) is 0 Å². The van der Waals surface area contributed by atoms with E-state index in [-0.39, 0.29) is 10.6 Å². The Balaban J connectivity index is 0.000000126. The lowest BCUT2D eigenvalue weighted by Gasteiger charge is -1.98. The van der Waals surface area contributed by atoms with Gasteiger partial charge >= 0.3 is 0 Å². The number of halogens is 1. The molecule has 3 heteroatoms. The molecular formula is C18H15BrO2. The van der Waals surface area contributed by atoms with Gasteiger partial charge < -0.3 is 0 Å². The van der Waals surface area contributed by atoms with E-state index in [2.05, 4.69) is 15.9 Å². The quantitative estimate of drug-likeness (QED) is 0.659. The van der Waals surface area contributed by atoms with Crippen LogP contribution in [0, 0.1) is 0 Å². The predicted molar refractivity (Wildman–Crippen MR) is 86.2 cm³/mol. The summed E-state index contributed by atoms with van der Waals surface area (Å²) in [7, 11) is 0. The summed E-state index contributed by atoms with van der Waals surface area (Å²) < 4.78 is 0. The number of hydrogen-bond donors (Lipinski definition) is 0. The van der Waals surface area contributed by atoms with Crippen LogP contribution in [0.5, 0.6) is 0 Å². The summed E-state index contributed by atoms with van der Waals surface area (Å²) >= 11 is 3.46. The van der Waals surface area contributed by atoms with E-state index in [1.165, 1.54) is 5.56 Å². The SMILES string of the molecule is O=C1CC(Br)c2ccccc21.O=C1CCc2ccccc21. The first-order chi connectivity index (χ1) is 10.2. The number of carbonyl (C=O) groups excluding carboxylic acids is 2. The Bertz CT molecular complexity index is 706. The van der Waals surface area contributed by atoms with E-state index < -0.39 is 0 Å². The van der Waals surface area contributed by atoms with E-state index in [1.54, 1.807) is 0 Å². The molecule has 2 nitrogen and oxygen atoms in total. The number of Topliss-reactive ketones (excluding diaryl/α,β-unsaturated/α-hetero) is 2. The van der Waals surface area contributed by atoms with Gasteiger partial charge in [0.1, 0.15) is 0 Å². The van der Waals surface area contributed by atoms with Gasteiger partial charge in [-0.05, 0) is 17.5 Å². The van der Waals surface area contributed by atoms with Crippen LogP contribution < -0.4 is 0 Å². The normalized spacial score (nSPS) is 18.8. The molecule has 0 bridgehead atoms. The first kappa shape index (κ1) is 14.2. The van der Waals surface area contributed by atoms with Crippen LogP contribution in [-0.2, 0) is 6.42 Å². The Morgan fingerprint density at radius 1 is 0.810 bits per heavy atom. The lowest BCUT2D eigenvalue weighted by Crippen LogP contribution is -1.88. The molecule has 0 saturated heterocycles. The molecule has 0 saturated carbocycles. The van der Waals surface area contributed by atoms with Crippen molar-refractivity contribution in [3.8, 4) is 0 Å².